The summed E-state index contributed by atoms with van der Waals surface area (Å²) in [5, 5.41) is 9.51. The molecule has 3 rings (SSSR count). The first-order chi connectivity index (χ1) is 10.3. The van der Waals surface area contributed by atoms with Crippen molar-refractivity contribution in [3.63, 3.8) is 0 Å². The summed E-state index contributed by atoms with van der Waals surface area (Å²) in [6.45, 7) is 0. The molecule has 21 heavy (non-hydrogen) atoms. The van der Waals surface area contributed by atoms with Crippen molar-refractivity contribution in [3.05, 3.63) is 18.2 Å². The van der Waals surface area contributed by atoms with Crippen LogP contribution in [0.1, 0.15) is 25.7 Å². The fourth-order valence-electron chi connectivity index (χ4n) is 2.45. The maximum absolute atomic E-state index is 5.76. The first-order valence-electron chi connectivity index (χ1n) is 7.02. The van der Waals surface area contributed by atoms with Gasteiger partial charge in [-0.05, 0) is 25.0 Å². The first-order valence-corrected chi connectivity index (χ1v) is 7.90. The highest BCUT2D eigenvalue weighted by Gasteiger charge is 2.20. The zero-order valence-electron chi connectivity index (χ0n) is 12.2. The van der Waals surface area contributed by atoms with Crippen molar-refractivity contribution in [1.82, 2.24) is 10.2 Å². The van der Waals surface area contributed by atoms with Crippen LogP contribution in [0, 0.1) is 0 Å². The van der Waals surface area contributed by atoms with Crippen LogP contribution in [-0.2, 0) is 0 Å². The predicted molar refractivity (Wildman–Crippen MR) is 81.0 cm³/mol. The Labute approximate surface area is 128 Å². The highest BCUT2D eigenvalue weighted by Crippen LogP contribution is 2.36. The molecule has 0 N–H and O–H groups in total. The second-order valence-corrected chi connectivity index (χ2v) is 6.25. The molecule has 1 aliphatic rings. The van der Waals surface area contributed by atoms with Gasteiger partial charge in [-0.15, -0.1) is 10.2 Å². The van der Waals surface area contributed by atoms with Gasteiger partial charge in [-0.2, -0.15) is 0 Å². The van der Waals surface area contributed by atoms with E-state index < -0.39 is 0 Å². The van der Waals surface area contributed by atoms with E-state index in [0.29, 0.717) is 27.9 Å². The molecule has 1 heterocycles. The topological polar surface area (TPSA) is 57.4 Å². The molecule has 5 nitrogen and oxygen atoms in total. The fourth-order valence-corrected chi connectivity index (χ4v) is 3.52. The molecule has 0 spiro atoms. The van der Waals surface area contributed by atoms with Crippen LogP contribution < -0.4 is 9.47 Å². The fraction of sp³-hybridized carbons (Fsp3) is 0.467. The molecule has 112 valence electrons. The Balaban J connectivity index is 1.81. The normalized spacial score (nSPS) is 15.3. The molecule has 0 saturated heterocycles. The number of ether oxygens (including phenoxy) is 2. The summed E-state index contributed by atoms with van der Waals surface area (Å²) in [4.78, 5) is 0. The maximum Gasteiger partial charge on any atom is 0.277 e. The van der Waals surface area contributed by atoms with Crippen molar-refractivity contribution >= 4 is 11.8 Å². The van der Waals surface area contributed by atoms with E-state index in [-0.39, 0.29) is 0 Å². The molecule has 0 aliphatic heterocycles. The van der Waals surface area contributed by atoms with E-state index in [9.17, 15) is 0 Å². The molecule has 1 aromatic heterocycles. The van der Waals surface area contributed by atoms with Gasteiger partial charge in [-0.25, -0.2) is 0 Å². The molecule has 0 bridgehead atoms. The average Bonchev–Trinajstić information content (AvgIpc) is 3.19. The molecular weight excluding hydrogens is 288 g/mol. The van der Waals surface area contributed by atoms with Crippen LogP contribution in [0.4, 0.5) is 0 Å². The third-order valence-corrected chi connectivity index (χ3v) is 4.75. The predicted octanol–water partition coefficient (Wildman–Crippen LogP) is 3.79. The molecule has 0 atom stereocenters. The lowest BCUT2D eigenvalue weighted by atomic mass is 10.2. The van der Waals surface area contributed by atoms with Gasteiger partial charge in [-0.3, -0.25) is 0 Å². The minimum absolute atomic E-state index is 0.493. The van der Waals surface area contributed by atoms with Crippen molar-refractivity contribution in [2.45, 2.75) is 36.2 Å². The number of hydrogen-bond acceptors (Lipinski definition) is 6. The molecule has 1 fully saturated rings. The van der Waals surface area contributed by atoms with Gasteiger partial charge in [0, 0.05) is 16.9 Å². The lowest BCUT2D eigenvalue weighted by Gasteiger charge is -2.06. The van der Waals surface area contributed by atoms with Crippen molar-refractivity contribution in [3.8, 4) is 23.0 Å². The molecule has 0 radical (unpaired) electrons. The van der Waals surface area contributed by atoms with E-state index in [0.717, 1.165) is 5.56 Å². The zero-order valence-corrected chi connectivity index (χ0v) is 13.0. The number of nitrogens with zero attached hydrogens (tertiary/aromatic N) is 2. The van der Waals surface area contributed by atoms with Crippen LogP contribution in [0.15, 0.2) is 27.8 Å². The van der Waals surface area contributed by atoms with E-state index >= 15 is 0 Å². The summed E-state index contributed by atoms with van der Waals surface area (Å²) in [5.74, 6) is 1.90. The van der Waals surface area contributed by atoms with Gasteiger partial charge < -0.3 is 13.9 Å². The van der Waals surface area contributed by atoms with Crippen LogP contribution in [0.5, 0.6) is 11.5 Å². The number of benzene rings is 1. The van der Waals surface area contributed by atoms with Crippen molar-refractivity contribution in [2.24, 2.45) is 0 Å². The second-order valence-electron chi connectivity index (χ2n) is 5.00. The van der Waals surface area contributed by atoms with Crippen LogP contribution in [0.3, 0.4) is 0 Å². The first kappa shape index (κ1) is 14.3. The molecule has 1 aliphatic carbocycles. The van der Waals surface area contributed by atoms with Gasteiger partial charge in [0.1, 0.15) is 11.5 Å². The smallest absolute Gasteiger partial charge is 0.277 e. The van der Waals surface area contributed by atoms with Gasteiger partial charge in [0.2, 0.25) is 5.89 Å². The van der Waals surface area contributed by atoms with E-state index in [1.807, 2.05) is 18.2 Å². The summed E-state index contributed by atoms with van der Waals surface area (Å²) in [5.41, 5.74) is 0.803. The Kier molecular flexibility index (Phi) is 4.34. The number of rotatable bonds is 5. The van der Waals surface area contributed by atoms with Gasteiger partial charge in [0.05, 0.1) is 14.2 Å². The van der Waals surface area contributed by atoms with Crippen molar-refractivity contribution in [1.29, 1.82) is 0 Å². The quantitative estimate of drug-likeness (QED) is 0.837. The lowest BCUT2D eigenvalue weighted by molar-refractivity contribution is 0.394. The average molecular weight is 306 g/mol. The van der Waals surface area contributed by atoms with E-state index in [1.54, 1.807) is 26.0 Å². The van der Waals surface area contributed by atoms with E-state index in [2.05, 4.69) is 10.2 Å². The summed E-state index contributed by atoms with van der Waals surface area (Å²) >= 11 is 1.68. The number of hydrogen-bond donors (Lipinski definition) is 0. The Morgan fingerprint density at radius 1 is 1.05 bits per heavy atom. The van der Waals surface area contributed by atoms with Gasteiger partial charge in [0.15, 0.2) is 0 Å². The number of aromatic nitrogens is 2. The SMILES string of the molecule is COc1cc(OC)cc(-c2nnc(SC3CCCC3)o2)c1. The maximum atomic E-state index is 5.76. The lowest BCUT2D eigenvalue weighted by Crippen LogP contribution is -1.92. The molecule has 1 saturated carbocycles. The molecule has 1 aromatic carbocycles. The summed E-state index contributed by atoms with van der Waals surface area (Å²) in [7, 11) is 3.24. The Bertz CT molecular complexity index is 586. The molecule has 0 unspecified atom stereocenters. The monoisotopic (exact) mass is 306 g/mol. The third kappa shape index (κ3) is 3.32. The van der Waals surface area contributed by atoms with Crippen LogP contribution >= 0.6 is 11.8 Å². The van der Waals surface area contributed by atoms with Crippen LogP contribution in [-0.4, -0.2) is 29.7 Å². The highest BCUT2D eigenvalue weighted by molar-refractivity contribution is 7.99. The van der Waals surface area contributed by atoms with E-state index in [1.165, 1.54) is 25.7 Å². The minimum atomic E-state index is 0.493. The summed E-state index contributed by atoms with van der Waals surface area (Å²) < 4.78 is 16.3. The second kappa shape index (κ2) is 6.39. The summed E-state index contributed by atoms with van der Waals surface area (Å²) in [6, 6.07) is 5.54. The highest BCUT2D eigenvalue weighted by atomic mass is 32.2. The largest absolute Gasteiger partial charge is 0.497 e. The summed E-state index contributed by atoms with van der Waals surface area (Å²) in [6.07, 6.45) is 5.06. The minimum Gasteiger partial charge on any atom is -0.497 e. The Morgan fingerprint density at radius 2 is 1.71 bits per heavy atom. The van der Waals surface area contributed by atoms with Crippen molar-refractivity contribution < 1.29 is 13.9 Å². The number of thioether (sulfide) groups is 1. The van der Waals surface area contributed by atoms with Gasteiger partial charge >= 0.3 is 0 Å². The molecule has 6 heteroatoms. The standard InChI is InChI=1S/C15H18N2O3S/c1-18-11-7-10(8-12(9-11)19-2)14-16-17-15(20-14)21-13-5-3-4-6-13/h7-9,13H,3-6H2,1-2H3. The zero-order chi connectivity index (χ0) is 14.7. The van der Waals surface area contributed by atoms with Crippen molar-refractivity contribution in [2.75, 3.05) is 14.2 Å². The van der Waals surface area contributed by atoms with Gasteiger partial charge in [-0.1, -0.05) is 24.6 Å². The molecule has 0 amide bonds. The van der Waals surface area contributed by atoms with Gasteiger partial charge in [0.25, 0.3) is 5.22 Å². The van der Waals surface area contributed by atoms with Crippen LogP contribution in [0.2, 0.25) is 0 Å². The Hall–Kier alpha value is -1.69. The van der Waals surface area contributed by atoms with Crippen LogP contribution in [0.25, 0.3) is 11.5 Å². The Morgan fingerprint density at radius 3 is 2.33 bits per heavy atom. The third-order valence-electron chi connectivity index (χ3n) is 3.57. The van der Waals surface area contributed by atoms with E-state index in [4.69, 9.17) is 13.9 Å². The number of methoxy groups -OCH3 is 2. The molecular formula is C15H18N2O3S. The molecule has 2 aromatic rings.